The summed E-state index contributed by atoms with van der Waals surface area (Å²) in [4.78, 5) is 42.7. The minimum atomic E-state index is -0.709. The summed E-state index contributed by atoms with van der Waals surface area (Å²) < 4.78 is 16.3. The van der Waals surface area contributed by atoms with Crippen LogP contribution in [-0.2, 0) is 29.7 Å². The minimum absolute atomic E-state index is 0.191. The maximum absolute atomic E-state index is 14.5. The number of fused-ring (bicyclic) bond motifs is 1. The summed E-state index contributed by atoms with van der Waals surface area (Å²) in [5.74, 6) is -1.61. The molecular formula is C22H25FN6O3. The minimum Gasteiger partial charge on any atom is -0.369 e. The third-order valence-corrected chi connectivity index (χ3v) is 6.62. The van der Waals surface area contributed by atoms with Crippen LogP contribution in [0.2, 0.25) is 0 Å². The molecule has 4 heterocycles. The maximum atomic E-state index is 14.5. The number of nitrogens with one attached hydrogen (secondary N) is 1. The average molecular weight is 440 g/mol. The predicted octanol–water partition coefficient (Wildman–Crippen LogP) is 0.642. The number of imide groups is 1. The summed E-state index contributed by atoms with van der Waals surface area (Å²) in [5.41, 5.74) is 2.90. The number of carbonyl (C=O) groups excluding carboxylic acids is 3. The monoisotopic (exact) mass is 440 g/mol. The fourth-order valence-corrected chi connectivity index (χ4v) is 4.82. The highest BCUT2D eigenvalue weighted by atomic mass is 19.1. The highest BCUT2D eigenvalue weighted by molar-refractivity contribution is 6.06. The summed E-state index contributed by atoms with van der Waals surface area (Å²) in [7, 11) is 1.92. The Bertz CT molecular complexity index is 1090. The quantitative estimate of drug-likeness (QED) is 0.702. The van der Waals surface area contributed by atoms with Gasteiger partial charge in [-0.1, -0.05) is 0 Å². The van der Waals surface area contributed by atoms with E-state index in [2.05, 4.69) is 20.2 Å². The SMILES string of the molecule is Cn1nccc1CN1CCN(c2cc(F)cc3c2CN(C2CCC(=O)NC2=O)C3=O)CC1. The lowest BCUT2D eigenvalue weighted by Crippen LogP contribution is -2.52. The van der Waals surface area contributed by atoms with Crippen LogP contribution < -0.4 is 10.2 Å². The Labute approximate surface area is 184 Å². The molecule has 1 aromatic carbocycles. The molecule has 0 radical (unpaired) electrons. The number of piperidine rings is 1. The van der Waals surface area contributed by atoms with Crippen LogP contribution in [0.3, 0.4) is 0 Å². The maximum Gasteiger partial charge on any atom is 0.255 e. The number of benzene rings is 1. The predicted molar refractivity (Wildman–Crippen MR) is 113 cm³/mol. The molecule has 2 fully saturated rings. The van der Waals surface area contributed by atoms with Gasteiger partial charge in [0.1, 0.15) is 11.9 Å². The first-order chi connectivity index (χ1) is 15.4. The number of rotatable bonds is 4. The average Bonchev–Trinajstić information content (AvgIpc) is 3.31. The molecule has 0 saturated carbocycles. The molecule has 2 aromatic rings. The van der Waals surface area contributed by atoms with E-state index in [1.807, 2.05) is 17.8 Å². The Balaban J connectivity index is 1.33. The van der Waals surface area contributed by atoms with Crippen LogP contribution in [0.25, 0.3) is 0 Å². The van der Waals surface area contributed by atoms with Crippen molar-refractivity contribution >= 4 is 23.4 Å². The van der Waals surface area contributed by atoms with E-state index < -0.39 is 17.8 Å². The Morgan fingerprint density at radius 2 is 1.94 bits per heavy atom. The van der Waals surface area contributed by atoms with Crippen molar-refractivity contribution in [2.24, 2.45) is 7.05 Å². The molecule has 32 heavy (non-hydrogen) atoms. The zero-order valence-corrected chi connectivity index (χ0v) is 17.9. The van der Waals surface area contributed by atoms with Crippen LogP contribution in [0.1, 0.15) is 34.5 Å². The summed E-state index contributed by atoms with van der Waals surface area (Å²) >= 11 is 0. The highest BCUT2D eigenvalue weighted by Gasteiger charge is 2.41. The Morgan fingerprint density at radius 3 is 2.62 bits per heavy atom. The lowest BCUT2D eigenvalue weighted by molar-refractivity contribution is -0.136. The number of aromatic nitrogens is 2. The second kappa shape index (κ2) is 8.01. The molecule has 1 N–H and O–H groups in total. The zero-order valence-electron chi connectivity index (χ0n) is 17.9. The molecule has 3 aliphatic heterocycles. The molecule has 1 atom stereocenters. The van der Waals surface area contributed by atoms with Crippen molar-refractivity contribution in [1.82, 2.24) is 24.9 Å². The number of hydrogen-bond donors (Lipinski definition) is 1. The second-order valence-electron chi connectivity index (χ2n) is 8.56. The number of hydrogen-bond acceptors (Lipinski definition) is 6. The van der Waals surface area contributed by atoms with Gasteiger partial charge in [0.2, 0.25) is 11.8 Å². The fourth-order valence-electron chi connectivity index (χ4n) is 4.82. The van der Waals surface area contributed by atoms with Crippen molar-refractivity contribution in [3.05, 3.63) is 47.0 Å². The molecular weight excluding hydrogens is 415 g/mol. The fraction of sp³-hybridized carbons (Fsp3) is 0.455. The van der Waals surface area contributed by atoms with Gasteiger partial charge < -0.3 is 9.80 Å². The number of piperazine rings is 1. The number of amides is 3. The van der Waals surface area contributed by atoms with Gasteiger partial charge in [-0.2, -0.15) is 5.10 Å². The zero-order chi connectivity index (χ0) is 22.4. The molecule has 3 aliphatic rings. The van der Waals surface area contributed by atoms with Crippen molar-refractivity contribution in [2.45, 2.75) is 32.0 Å². The molecule has 1 aromatic heterocycles. The molecule has 1 unspecified atom stereocenters. The van der Waals surface area contributed by atoms with E-state index in [1.54, 1.807) is 6.20 Å². The number of anilines is 1. The van der Waals surface area contributed by atoms with E-state index in [-0.39, 0.29) is 31.2 Å². The third-order valence-electron chi connectivity index (χ3n) is 6.62. The number of halogens is 1. The van der Waals surface area contributed by atoms with E-state index in [9.17, 15) is 18.8 Å². The van der Waals surface area contributed by atoms with E-state index in [4.69, 9.17) is 0 Å². The van der Waals surface area contributed by atoms with Crippen LogP contribution in [-0.4, -0.2) is 69.5 Å². The standard InChI is InChI=1S/C22H25FN6O3/c1-26-15(4-5-24-26)12-27-6-8-28(9-7-27)19-11-14(23)10-16-17(19)13-29(22(16)32)18-2-3-20(30)25-21(18)31/h4-5,10-11,18H,2-3,6-9,12-13H2,1H3,(H,25,30,31). The molecule has 0 bridgehead atoms. The summed E-state index contributed by atoms with van der Waals surface area (Å²) in [6.45, 7) is 4.07. The molecule has 168 valence electrons. The molecule has 0 spiro atoms. The van der Waals surface area contributed by atoms with E-state index in [1.165, 1.54) is 17.0 Å². The van der Waals surface area contributed by atoms with Crippen molar-refractivity contribution in [3.8, 4) is 0 Å². The van der Waals surface area contributed by atoms with Crippen LogP contribution in [0.5, 0.6) is 0 Å². The van der Waals surface area contributed by atoms with Crippen molar-refractivity contribution < 1.29 is 18.8 Å². The van der Waals surface area contributed by atoms with Crippen LogP contribution >= 0.6 is 0 Å². The normalized spacial score (nSPS) is 21.8. The van der Waals surface area contributed by atoms with Crippen LogP contribution in [0.4, 0.5) is 10.1 Å². The van der Waals surface area contributed by atoms with Crippen LogP contribution in [0, 0.1) is 5.82 Å². The molecule has 2 saturated heterocycles. The van der Waals surface area contributed by atoms with Gasteiger partial charge in [-0.05, 0) is 24.6 Å². The molecule has 0 aliphatic carbocycles. The van der Waals surface area contributed by atoms with Crippen molar-refractivity contribution in [3.63, 3.8) is 0 Å². The van der Waals surface area contributed by atoms with E-state index in [0.29, 0.717) is 24.3 Å². The first kappa shape index (κ1) is 20.6. The van der Waals surface area contributed by atoms with Gasteiger partial charge in [0.05, 0.1) is 5.69 Å². The largest absolute Gasteiger partial charge is 0.369 e. The van der Waals surface area contributed by atoms with Crippen molar-refractivity contribution in [2.75, 3.05) is 31.1 Å². The number of nitrogens with zero attached hydrogens (tertiary/aromatic N) is 5. The van der Waals surface area contributed by atoms with Gasteiger partial charge in [0, 0.05) is 75.7 Å². The number of carbonyl (C=O) groups is 3. The molecule has 10 heteroatoms. The smallest absolute Gasteiger partial charge is 0.255 e. The van der Waals surface area contributed by atoms with Gasteiger partial charge in [0.25, 0.3) is 5.91 Å². The Kier molecular flexibility index (Phi) is 5.16. The number of aryl methyl sites for hydroxylation is 1. The third kappa shape index (κ3) is 3.64. The molecule has 5 rings (SSSR count). The second-order valence-corrected chi connectivity index (χ2v) is 8.56. The van der Waals surface area contributed by atoms with Crippen LogP contribution in [0.15, 0.2) is 24.4 Å². The first-order valence-corrected chi connectivity index (χ1v) is 10.8. The van der Waals surface area contributed by atoms with E-state index >= 15 is 0 Å². The lowest BCUT2D eigenvalue weighted by Gasteiger charge is -2.37. The Morgan fingerprint density at radius 1 is 1.16 bits per heavy atom. The molecule has 3 amide bonds. The lowest BCUT2D eigenvalue weighted by atomic mass is 10.0. The summed E-state index contributed by atoms with van der Waals surface area (Å²) in [5, 5.41) is 6.51. The van der Waals surface area contributed by atoms with Gasteiger partial charge in [0.15, 0.2) is 0 Å². The molecule has 9 nitrogen and oxygen atoms in total. The first-order valence-electron chi connectivity index (χ1n) is 10.8. The van der Waals surface area contributed by atoms with E-state index in [0.717, 1.165) is 30.9 Å². The van der Waals surface area contributed by atoms with Gasteiger partial charge in [-0.15, -0.1) is 0 Å². The highest BCUT2D eigenvalue weighted by Crippen LogP contribution is 2.35. The summed E-state index contributed by atoms with van der Waals surface area (Å²) in [6, 6.07) is 4.03. The van der Waals surface area contributed by atoms with Gasteiger partial charge in [-0.3, -0.25) is 29.3 Å². The van der Waals surface area contributed by atoms with Gasteiger partial charge >= 0.3 is 0 Å². The van der Waals surface area contributed by atoms with Crippen molar-refractivity contribution in [1.29, 1.82) is 0 Å². The van der Waals surface area contributed by atoms with Gasteiger partial charge in [-0.25, -0.2) is 4.39 Å². The Hall–Kier alpha value is -3.27. The summed E-state index contributed by atoms with van der Waals surface area (Å²) in [6.07, 6.45) is 2.26. The topological polar surface area (TPSA) is 90.8 Å².